The summed E-state index contributed by atoms with van der Waals surface area (Å²) in [5, 5.41) is 16.5. The normalized spacial score (nSPS) is 12.7. The van der Waals surface area contributed by atoms with Gasteiger partial charge in [0.1, 0.15) is 0 Å². The van der Waals surface area contributed by atoms with Crippen LogP contribution in [0, 0.1) is 0 Å². The van der Waals surface area contributed by atoms with Gasteiger partial charge in [0.05, 0.1) is 18.6 Å². The van der Waals surface area contributed by atoms with Crippen LogP contribution in [-0.2, 0) is 4.74 Å². The first-order valence-electron chi connectivity index (χ1n) is 4.35. The van der Waals surface area contributed by atoms with Crippen LogP contribution in [0.2, 0.25) is 0 Å². The van der Waals surface area contributed by atoms with Crippen molar-refractivity contribution < 1.29 is 14.9 Å². The molecule has 0 radical (unpaired) electrons. The minimum Gasteiger partial charge on any atom is -0.473 e. The third-order valence-corrected chi connectivity index (χ3v) is 0.976. The molecule has 0 rings (SSSR count). The Morgan fingerprint density at radius 2 is 1.69 bits per heavy atom. The highest BCUT2D eigenvalue weighted by Crippen LogP contribution is 1.83. The number of allylic oxidation sites excluding steroid dienone is 2. The molecule has 0 spiro atoms. The Morgan fingerprint density at radius 3 is 1.85 bits per heavy atom. The highest BCUT2D eigenvalue weighted by molar-refractivity contribution is 4.73. The molecule has 0 aliphatic rings. The SMILES string of the molecule is CC(O)CCO.CC=COC=CC. The quantitative estimate of drug-likeness (QED) is 0.662. The molecule has 0 bridgehead atoms. The fourth-order valence-corrected chi connectivity index (χ4v) is 0.389. The second-order valence-corrected chi connectivity index (χ2v) is 2.44. The van der Waals surface area contributed by atoms with E-state index < -0.39 is 0 Å². The van der Waals surface area contributed by atoms with E-state index in [2.05, 4.69) is 0 Å². The van der Waals surface area contributed by atoms with E-state index in [1.54, 1.807) is 19.4 Å². The smallest absolute Gasteiger partial charge is 0.0858 e. The minimum absolute atomic E-state index is 0.0810. The molecule has 0 saturated carbocycles. The summed E-state index contributed by atoms with van der Waals surface area (Å²) < 4.78 is 4.77. The predicted octanol–water partition coefficient (Wildman–Crippen LogP) is 1.82. The highest BCUT2D eigenvalue weighted by atomic mass is 16.5. The molecule has 1 unspecified atom stereocenters. The number of hydrogen-bond donors (Lipinski definition) is 2. The molecule has 0 amide bonds. The van der Waals surface area contributed by atoms with Gasteiger partial charge < -0.3 is 14.9 Å². The zero-order chi connectivity index (χ0) is 10.5. The van der Waals surface area contributed by atoms with Crippen LogP contribution >= 0.6 is 0 Å². The van der Waals surface area contributed by atoms with Crippen molar-refractivity contribution in [1.29, 1.82) is 0 Å². The summed E-state index contributed by atoms with van der Waals surface area (Å²) in [6.07, 6.45) is 7.05. The first-order chi connectivity index (χ1) is 6.18. The Morgan fingerprint density at radius 1 is 1.23 bits per heavy atom. The molecule has 0 aromatic carbocycles. The molecule has 0 aromatic rings. The maximum atomic E-state index is 8.39. The van der Waals surface area contributed by atoms with Crippen molar-refractivity contribution in [3.8, 4) is 0 Å². The van der Waals surface area contributed by atoms with E-state index in [1.807, 2.05) is 26.0 Å². The van der Waals surface area contributed by atoms with Gasteiger partial charge in [0.15, 0.2) is 0 Å². The van der Waals surface area contributed by atoms with Crippen molar-refractivity contribution in [2.24, 2.45) is 0 Å². The van der Waals surface area contributed by atoms with Crippen LogP contribution in [-0.4, -0.2) is 22.9 Å². The second kappa shape index (κ2) is 13.8. The van der Waals surface area contributed by atoms with Gasteiger partial charge in [0.2, 0.25) is 0 Å². The molecule has 0 aromatic heterocycles. The van der Waals surface area contributed by atoms with Crippen molar-refractivity contribution >= 4 is 0 Å². The summed E-state index contributed by atoms with van der Waals surface area (Å²) in [7, 11) is 0. The lowest BCUT2D eigenvalue weighted by molar-refractivity contribution is 0.148. The fraction of sp³-hybridized carbons (Fsp3) is 0.600. The van der Waals surface area contributed by atoms with Crippen LogP contribution in [0.4, 0.5) is 0 Å². The van der Waals surface area contributed by atoms with E-state index in [-0.39, 0.29) is 12.7 Å². The summed E-state index contributed by atoms with van der Waals surface area (Å²) >= 11 is 0. The Kier molecular flexibility index (Phi) is 15.6. The van der Waals surface area contributed by atoms with E-state index in [1.165, 1.54) is 0 Å². The van der Waals surface area contributed by atoms with Crippen molar-refractivity contribution in [2.75, 3.05) is 6.61 Å². The minimum atomic E-state index is -0.352. The molecule has 3 heteroatoms. The van der Waals surface area contributed by atoms with Gasteiger partial charge in [-0.3, -0.25) is 0 Å². The van der Waals surface area contributed by atoms with Crippen LogP contribution in [0.1, 0.15) is 27.2 Å². The third kappa shape index (κ3) is 24.7. The van der Waals surface area contributed by atoms with Crippen LogP contribution in [0.15, 0.2) is 24.7 Å². The van der Waals surface area contributed by atoms with Gasteiger partial charge in [-0.25, -0.2) is 0 Å². The standard InChI is InChI=1S/C6H10O.C4H10O2/c1-3-5-7-6-4-2;1-4(6)2-3-5/h3-6H,1-2H3;4-6H,2-3H2,1H3. The molecule has 78 valence electrons. The largest absolute Gasteiger partial charge is 0.473 e. The van der Waals surface area contributed by atoms with Crippen LogP contribution in [0.5, 0.6) is 0 Å². The fourth-order valence-electron chi connectivity index (χ4n) is 0.389. The predicted molar refractivity (Wildman–Crippen MR) is 54.1 cm³/mol. The summed E-state index contributed by atoms with van der Waals surface area (Å²) in [5.74, 6) is 0. The maximum absolute atomic E-state index is 8.39. The van der Waals surface area contributed by atoms with Gasteiger partial charge in [-0.15, -0.1) is 0 Å². The van der Waals surface area contributed by atoms with Gasteiger partial charge in [0.25, 0.3) is 0 Å². The summed E-state index contributed by atoms with van der Waals surface area (Å²) in [4.78, 5) is 0. The van der Waals surface area contributed by atoms with E-state index in [0.29, 0.717) is 6.42 Å². The topological polar surface area (TPSA) is 49.7 Å². The maximum Gasteiger partial charge on any atom is 0.0858 e. The molecular weight excluding hydrogens is 168 g/mol. The summed E-state index contributed by atoms with van der Waals surface area (Å²) in [6, 6.07) is 0. The lowest BCUT2D eigenvalue weighted by atomic mass is 10.3. The Hall–Kier alpha value is -0.800. The Bertz CT molecular complexity index is 118. The van der Waals surface area contributed by atoms with Crippen molar-refractivity contribution in [1.82, 2.24) is 0 Å². The first-order valence-corrected chi connectivity index (χ1v) is 4.35. The van der Waals surface area contributed by atoms with Crippen LogP contribution < -0.4 is 0 Å². The van der Waals surface area contributed by atoms with Crippen molar-refractivity contribution in [2.45, 2.75) is 33.3 Å². The molecular formula is C10H20O3. The highest BCUT2D eigenvalue weighted by Gasteiger charge is 1.88. The van der Waals surface area contributed by atoms with Gasteiger partial charge in [-0.05, 0) is 27.2 Å². The number of aliphatic hydroxyl groups is 2. The Balaban J connectivity index is 0. The third-order valence-electron chi connectivity index (χ3n) is 0.976. The average molecular weight is 188 g/mol. The van der Waals surface area contributed by atoms with E-state index >= 15 is 0 Å². The molecule has 1 atom stereocenters. The lowest BCUT2D eigenvalue weighted by Gasteiger charge is -1.95. The first kappa shape index (κ1) is 14.7. The van der Waals surface area contributed by atoms with Crippen molar-refractivity contribution in [3.63, 3.8) is 0 Å². The molecule has 0 saturated heterocycles. The van der Waals surface area contributed by atoms with E-state index in [4.69, 9.17) is 14.9 Å². The second-order valence-electron chi connectivity index (χ2n) is 2.44. The number of aliphatic hydroxyl groups excluding tert-OH is 2. The molecule has 3 nitrogen and oxygen atoms in total. The monoisotopic (exact) mass is 188 g/mol. The van der Waals surface area contributed by atoms with Crippen LogP contribution in [0.25, 0.3) is 0 Å². The van der Waals surface area contributed by atoms with E-state index in [9.17, 15) is 0 Å². The summed E-state index contributed by atoms with van der Waals surface area (Å²) in [6.45, 7) is 5.54. The molecule has 0 aliphatic carbocycles. The molecule has 2 N–H and O–H groups in total. The number of ether oxygens (including phenoxy) is 1. The lowest BCUT2D eigenvalue weighted by Crippen LogP contribution is -2.00. The molecule has 0 aliphatic heterocycles. The van der Waals surface area contributed by atoms with E-state index in [0.717, 1.165) is 0 Å². The Labute approximate surface area is 80.4 Å². The summed E-state index contributed by atoms with van der Waals surface area (Å²) in [5.41, 5.74) is 0. The van der Waals surface area contributed by atoms with Gasteiger partial charge in [0, 0.05) is 6.61 Å². The van der Waals surface area contributed by atoms with Crippen molar-refractivity contribution in [3.05, 3.63) is 24.7 Å². The van der Waals surface area contributed by atoms with Gasteiger partial charge in [-0.1, -0.05) is 12.2 Å². The van der Waals surface area contributed by atoms with Crippen LogP contribution in [0.3, 0.4) is 0 Å². The molecule has 13 heavy (non-hydrogen) atoms. The average Bonchev–Trinajstić information content (AvgIpc) is 2.06. The zero-order valence-electron chi connectivity index (χ0n) is 8.60. The number of rotatable bonds is 4. The molecule has 0 heterocycles. The zero-order valence-corrected chi connectivity index (χ0v) is 8.60. The molecule has 0 fully saturated rings. The van der Waals surface area contributed by atoms with Gasteiger partial charge in [-0.2, -0.15) is 0 Å². The van der Waals surface area contributed by atoms with Gasteiger partial charge >= 0.3 is 0 Å². The number of hydrogen-bond acceptors (Lipinski definition) is 3.